The van der Waals surface area contributed by atoms with E-state index < -0.39 is 0 Å². The Morgan fingerprint density at radius 3 is 2.63 bits per heavy atom. The number of hydrogen-bond acceptors (Lipinski definition) is 4. The molecule has 0 saturated carbocycles. The van der Waals surface area contributed by atoms with Gasteiger partial charge in [-0.15, -0.1) is 0 Å². The standard InChI is InChI=1S/C22H24N4O4/c1-14(16-4-3-5-20(11-16)26-8-9-30-22(26)29)23-21(28)24-19-7-6-17-12-25(15(2)27)13-18(17)10-19/h3-7,10-11,14H,8-9,12-13H2,1-2H3,(H2,23,24,28). The normalized spacial score (nSPS) is 16.1. The van der Waals surface area contributed by atoms with Gasteiger partial charge in [0.1, 0.15) is 6.61 Å². The van der Waals surface area contributed by atoms with E-state index in [1.165, 1.54) is 0 Å². The minimum Gasteiger partial charge on any atom is -0.447 e. The van der Waals surface area contributed by atoms with Crippen LogP contribution in [0, 0.1) is 0 Å². The Morgan fingerprint density at radius 2 is 1.90 bits per heavy atom. The molecule has 1 unspecified atom stereocenters. The van der Waals surface area contributed by atoms with Gasteiger partial charge in [-0.1, -0.05) is 18.2 Å². The molecule has 2 aliphatic rings. The van der Waals surface area contributed by atoms with Crippen LogP contribution in [0.1, 0.15) is 36.6 Å². The van der Waals surface area contributed by atoms with E-state index >= 15 is 0 Å². The lowest BCUT2D eigenvalue weighted by molar-refractivity contribution is -0.129. The number of carbonyl (C=O) groups is 3. The number of fused-ring (bicyclic) bond motifs is 1. The van der Waals surface area contributed by atoms with Gasteiger partial charge in [0.15, 0.2) is 0 Å². The molecular weight excluding hydrogens is 384 g/mol. The highest BCUT2D eigenvalue weighted by atomic mass is 16.6. The van der Waals surface area contributed by atoms with Crippen molar-refractivity contribution < 1.29 is 19.1 Å². The Labute approximate surface area is 174 Å². The first kappa shape index (κ1) is 19.8. The molecule has 8 heteroatoms. The number of carbonyl (C=O) groups excluding carboxylic acids is 3. The van der Waals surface area contributed by atoms with E-state index in [1.54, 1.807) is 16.7 Å². The summed E-state index contributed by atoms with van der Waals surface area (Å²) in [4.78, 5) is 39.2. The van der Waals surface area contributed by atoms with Gasteiger partial charge in [-0.25, -0.2) is 9.59 Å². The highest BCUT2D eigenvalue weighted by Crippen LogP contribution is 2.26. The number of urea groups is 1. The predicted octanol–water partition coefficient (Wildman–Crippen LogP) is 3.39. The molecule has 1 fully saturated rings. The van der Waals surface area contributed by atoms with Gasteiger partial charge in [0.05, 0.1) is 12.6 Å². The average Bonchev–Trinajstić information content (AvgIpc) is 3.33. The molecule has 0 aromatic heterocycles. The van der Waals surface area contributed by atoms with Gasteiger partial charge in [0, 0.05) is 31.4 Å². The van der Waals surface area contributed by atoms with E-state index in [9.17, 15) is 14.4 Å². The van der Waals surface area contributed by atoms with Crippen LogP contribution in [0.2, 0.25) is 0 Å². The van der Waals surface area contributed by atoms with Crippen molar-refractivity contribution >= 4 is 29.4 Å². The number of amides is 4. The van der Waals surface area contributed by atoms with Gasteiger partial charge < -0.3 is 20.3 Å². The summed E-state index contributed by atoms with van der Waals surface area (Å²) in [6.07, 6.45) is -0.356. The zero-order valence-electron chi connectivity index (χ0n) is 17.0. The van der Waals surface area contributed by atoms with Crippen molar-refractivity contribution in [2.75, 3.05) is 23.4 Å². The summed E-state index contributed by atoms with van der Waals surface area (Å²) in [7, 11) is 0. The van der Waals surface area contributed by atoms with Crippen molar-refractivity contribution in [1.29, 1.82) is 0 Å². The highest BCUT2D eigenvalue weighted by Gasteiger charge is 2.24. The second kappa shape index (κ2) is 8.06. The van der Waals surface area contributed by atoms with Crippen LogP contribution < -0.4 is 15.5 Å². The molecule has 0 spiro atoms. The minimum absolute atomic E-state index is 0.0386. The van der Waals surface area contributed by atoms with Gasteiger partial charge in [-0.05, 0) is 47.9 Å². The van der Waals surface area contributed by atoms with Gasteiger partial charge in [0.2, 0.25) is 5.91 Å². The first-order valence-corrected chi connectivity index (χ1v) is 9.90. The van der Waals surface area contributed by atoms with Crippen LogP contribution in [-0.4, -0.2) is 36.1 Å². The first-order chi connectivity index (χ1) is 14.4. The van der Waals surface area contributed by atoms with Crippen LogP contribution in [0.5, 0.6) is 0 Å². The summed E-state index contributed by atoms with van der Waals surface area (Å²) >= 11 is 0. The van der Waals surface area contributed by atoms with Crippen molar-refractivity contribution in [3.05, 3.63) is 59.2 Å². The third-order valence-electron chi connectivity index (χ3n) is 5.42. The Kier molecular flexibility index (Phi) is 5.31. The molecule has 1 saturated heterocycles. The Balaban J connectivity index is 1.39. The van der Waals surface area contributed by atoms with E-state index in [1.807, 2.05) is 49.4 Å². The number of hydrogen-bond donors (Lipinski definition) is 2. The number of ether oxygens (including phenoxy) is 1. The SMILES string of the molecule is CC(=O)N1Cc2ccc(NC(=O)NC(C)c3cccc(N4CCOC4=O)c3)cc2C1. The maximum atomic E-state index is 12.5. The van der Waals surface area contributed by atoms with Crippen molar-refractivity contribution in [3.8, 4) is 0 Å². The molecule has 2 heterocycles. The van der Waals surface area contributed by atoms with E-state index in [0.29, 0.717) is 31.9 Å². The highest BCUT2D eigenvalue weighted by molar-refractivity contribution is 5.90. The van der Waals surface area contributed by atoms with Crippen LogP contribution in [0.15, 0.2) is 42.5 Å². The quantitative estimate of drug-likeness (QED) is 0.811. The van der Waals surface area contributed by atoms with Crippen LogP contribution in [0.25, 0.3) is 0 Å². The van der Waals surface area contributed by atoms with Crippen molar-refractivity contribution in [2.45, 2.75) is 33.0 Å². The average molecular weight is 408 g/mol. The Bertz CT molecular complexity index is 1010. The third kappa shape index (κ3) is 4.07. The lowest BCUT2D eigenvalue weighted by atomic mass is 10.1. The number of benzene rings is 2. The van der Waals surface area contributed by atoms with Gasteiger partial charge in [0.25, 0.3) is 0 Å². The second-order valence-corrected chi connectivity index (χ2v) is 7.54. The van der Waals surface area contributed by atoms with Gasteiger partial charge in [-0.3, -0.25) is 9.69 Å². The molecule has 0 radical (unpaired) electrons. The lowest BCUT2D eigenvalue weighted by Gasteiger charge is -2.18. The molecule has 1 atom stereocenters. The smallest absolute Gasteiger partial charge is 0.414 e. The molecule has 2 N–H and O–H groups in total. The summed E-state index contributed by atoms with van der Waals surface area (Å²) in [5.41, 5.74) is 4.45. The second-order valence-electron chi connectivity index (χ2n) is 7.54. The molecule has 156 valence electrons. The largest absolute Gasteiger partial charge is 0.447 e. The van der Waals surface area contributed by atoms with Crippen molar-refractivity contribution in [1.82, 2.24) is 10.2 Å². The Hall–Kier alpha value is -3.55. The predicted molar refractivity (Wildman–Crippen MR) is 112 cm³/mol. The number of rotatable bonds is 4. The summed E-state index contributed by atoms with van der Waals surface area (Å²) in [5, 5.41) is 5.77. The molecule has 2 aromatic rings. The van der Waals surface area contributed by atoms with E-state index in [-0.39, 0.29) is 24.1 Å². The van der Waals surface area contributed by atoms with E-state index in [4.69, 9.17) is 4.74 Å². The zero-order chi connectivity index (χ0) is 21.3. The molecule has 0 aliphatic carbocycles. The Morgan fingerprint density at radius 1 is 1.10 bits per heavy atom. The first-order valence-electron chi connectivity index (χ1n) is 9.90. The molecule has 30 heavy (non-hydrogen) atoms. The molecule has 0 bridgehead atoms. The third-order valence-corrected chi connectivity index (χ3v) is 5.42. The number of anilines is 2. The van der Waals surface area contributed by atoms with Crippen molar-refractivity contribution in [2.24, 2.45) is 0 Å². The summed E-state index contributed by atoms with van der Waals surface area (Å²) < 4.78 is 4.99. The monoisotopic (exact) mass is 408 g/mol. The molecule has 4 amide bonds. The maximum Gasteiger partial charge on any atom is 0.414 e. The fourth-order valence-electron chi connectivity index (χ4n) is 3.73. The van der Waals surface area contributed by atoms with Crippen LogP contribution in [-0.2, 0) is 22.6 Å². The maximum absolute atomic E-state index is 12.5. The number of cyclic esters (lactones) is 1. The summed E-state index contributed by atoms with van der Waals surface area (Å²) in [6, 6.07) is 12.6. The topological polar surface area (TPSA) is 91.0 Å². The fourth-order valence-corrected chi connectivity index (χ4v) is 3.73. The van der Waals surface area contributed by atoms with Gasteiger partial charge >= 0.3 is 12.1 Å². The molecule has 2 aliphatic heterocycles. The molecule has 4 rings (SSSR count). The molecule has 8 nitrogen and oxygen atoms in total. The minimum atomic E-state index is -0.356. The fraction of sp³-hybridized carbons (Fsp3) is 0.318. The number of nitrogens with one attached hydrogen (secondary N) is 2. The number of nitrogens with zero attached hydrogens (tertiary/aromatic N) is 2. The van der Waals surface area contributed by atoms with Crippen LogP contribution in [0.4, 0.5) is 21.0 Å². The van der Waals surface area contributed by atoms with Crippen molar-refractivity contribution in [3.63, 3.8) is 0 Å². The molecular formula is C22H24N4O4. The zero-order valence-corrected chi connectivity index (χ0v) is 17.0. The van der Waals surface area contributed by atoms with E-state index in [2.05, 4.69) is 10.6 Å². The van der Waals surface area contributed by atoms with Crippen LogP contribution >= 0.6 is 0 Å². The summed E-state index contributed by atoms with van der Waals surface area (Å²) in [6.45, 7) is 5.50. The van der Waals surface area contributed by atoms with Gasteiger partial charge in [-0.2, -0.15) is 0 Å². The van der Waals surface area contributed by atoms with Crippen LogP contribution in [0.3, 0.4) is 0 Å². The lowest BCUT2D eigenvalue weighted by Crippen LogP contribution is -2.31. The molecule has 2 aromatic carbocycles. The summed E-state index contributed by atoms with van der Waals surface area (Å²) in [5.74, 6) is 0.0386. The van der Waals surface area contributed by atoms with E-state index in [0.717, 1.165) is 22.4 Å².